The minimum absolute atomic E-state index is 0.232. The van der Waals surface area contributed by atoms with Crippen molar-refractivity contribution in [3.05, 3.63) is 33.4 Å². The van der Waals surface area contributed by atoms with Gasteiger partial charge in [0.15, 0.2) is 5.17 Å². The second-order valence-corrected chi connectivity index (χ2v) is 9.59. The van der Waals surface area contributed by atoms with Gasteiger partial charge >= 0.3 is 0 Å². The first-order chi connectivity index (χ1) is 13.0. The van der Waals surface area contributed by atoms with Crippen LogP contribution in [0, 0.1) is 16.0 Å². The minimum atomic E-state index is -0.232. The fourth-order valence-corrected chi connectivity index (χ4v) is 6.37. The number of aliphatic imine (C=N–C) groups is 1. The Kier molecular flexibility index (Phi) is 5.19. The van der Waals surface area contributed by atoms with E-state index in [1.165, 1.54) is 25.7 Å². The van der Waals surface area contributed by atoms with Gasteiger partial charge in [0, 0.05) is 23.9 Å². The summed E-state index contributed by atoms with van der Waals surface area (Å²) >= 11 is 1.89. The molecule has 1 saturated carbocycles. The normalized spacial score (nSPS) is 22.8. The Hall–Kier alpha value is -1.56. The second kappa shape index (κ2) is 7.46. The van der Waals surface area contributed by atoms with Gasteiger partial charge in [-0.15, -0.1) is 0 Å². The fourth-order valence-electron chi connectivity index (χ4n) is 4.94. The molecule has 1 saturated heterocycles. The lowest BCUT2D eigenvalue weighted by molar-refractivity contribution is -0.385. The van der Waals surface area contributed by atoms with Gasteiger partial charge in [-0.05, 0) is 56.1 Å². The number of amidine groups is 1. The van der Waals surface area contributed by atoms with Crippen molar-refractivity contribution in [2.45, 2.75) is 70.8 Å². The van der Waals surface area contributed by atoms with Crippen LogP contribution in [0.15, 0.2) is 17.1 Å². The standard InChI is InChI=1S/C21H29N3O2S/c1-15(2)13-23-20(27-14-21(23)11-5-6-12-21)22-18-9-10-19(24(25)26)17-8-4-3-7-16(17)18/h9-10,15H,3-8,11-14H2,1-2H3/b22-20+. The number of nitro groups is 1. The molecule has 1 heterocycles. The summed E-state index contributed by atoms with van der Waals surface area (Å²) in [6, 6.07) is 3.55. The van der Waals surface area contributed by atoms with Crippen LogP contribution in [0.5, 0.6) is 0 Å². The minimum Gasteiger partial charge on any atom is -0.344 e. The van der Waals surface area contributed by atoms with Crippen molar-refractivity contribution in [3.63, 3.8) is 0 Å². The van der Waals surface area contributed by atoms with Crippen LogP contribution in [0.2, 0.25) is 0 Å². The van der Waals surface area contributed by atoms with Crippen LogP contribution in [-0.4, -0.2) is 32.8 Å². The maximum Gasteiger partial charge on any atom is 0.273 e. The summed E-state index contributed by atoms with van der Waals surface area (Å²) in [6.45, 7) is 5.59. The van der Waals surface area contributed by atoms with E-state index in [0.717, 1.165) is 60.0 Å². The molecule has 6 heteroatoms. The van der Waals surface area contributed by atoms with Gasteiger partial charge in [0.1, 0.15) is 0 Å². The number of fused-ring (bicyclic) bond motifs is 1. The molecule has 0 unspecified atom stereocenters. The topological polar surface area (TPSA) is 58.7 Å². The Balaban J connectivity index is 1.73. The SMILES string of the molecule is CC(C)CN1/C(=N\c2ccc([N+](=O)[O-])c3c2CCCC3)SCC12CCCC2. The van der Waals surface area contributed by atoms with E-state index < -0.39 is 0 Å². The first-order valence-corrected chi connectivity index (χ1v) is 11.3. The Labute approximate surface area is 165 Å². The van der Waals surface area contributed by atoms with Crippen LogP contribution in [0.3, 0.4) is 0 Å². The summed E-state index contributed by atoms with van der Waals surface area (Å²) < 4.78 is 0. The maximum atomic E-state index is 11.4. The highest BCUT2D eigenvalue weighted by molar-refractivity contribution is 8.14. The van der Waals surface area contributed by atoms with Crippen molar-refractivity contribution in [1.82, 2.24) is 4.90 Å². The Morgan fingerprint density at radius 2 is 1.89 bits per heavy atom. The molecule has 2 aliphatic carbocycles. The highest BCUT2D eigenvalue weighted by Gasteiger charge is 2.46. The van der Waals surface area contributed by atoms with Crippen molar-refractivity contribution in [2.75, 3.05) is 12.3 Å². The van der Waals surface area contributed by atoms with Crippen molar-refractivity contribution < 1.29 is 4.92 Å². The lowest BCUT2D eigenvalue weighted by Gasteiger charge is -2.37. The molecule has 146 valence electrons. The third-order valence-corrected chi connectivity index (χ3v) is 7.51. The molecule has 5 nitrogen and oxygen atoms in total. The summed E-state index contributed by atoms with van der Waals surface area (Å²) in [4.78, 5) is 18.9. The van der Waals surface area contributed by atoms with E-state index in [4.69, 9.17) is 4.99 Å². The largest absolute Gasteiger partial charge is 0.344 e. The quantitative estimate of drug-likeness (QED) is 0.507. The highest BCUT2D eigenvalue weighted by atomic mass is 32.2. The van der Waals surface area contributed by atoms with E-state index in [1.807, 2.05) is 17.8 Å². The number of thioether (sulfide) groups is 1. The lowest BCUT2D eigenvalue weighted by Crippen LogP contribution is -2.47. The van der Waals surface area contributed by atoms with Gasteiger partial charge in [-0.1, -0.05) is 38.5 Å². The summed E-state index contributed by atoms with van der Waals surface area (Å²) in [5.41, 5.74) is 3.55. The predicted molar refractivity (Wildman–Crippen MR) is 112 cm³/mol. The number of hydrogen-bond donors (Lipinski definition) is 0. The predicted octanol–water partition coefficient (Wildman–Crippen LogP) is 5.48. The first kappa shape index (κ1) is 18.8. The second-order valence-electron chi connectivity index (χ2n) is 8.64. The molecule has 0 aromatic heterocycles. The number of nitrogens with zero attached hydrogens (tertiary/aromatic N) is 3. The number of nitro benzene ring substituents is 1. The summed E-state index contributed by atoms with van der Waals surface area (Å²) in [6.07, 6.45) is 9.00. The smallest absolute Gasteiger partial charge is 0.273 e. The van der Waals surface area contributed by atoms with Gasteiger partial charge in [-0.25, -0.2) is 4.99 Å². The molecule has 1 spiro atoms. The average molecular weight is 388 g/mol. The number of benzene rings is 1. The van der Waals surface area contributed by atoms with Crippen LogP contribution in [0.25, 0.3) is 0 Å². The van der Waals surface area contributed by atoms with E-state index in [2.05, 4.69) is 18.7 Å². The Bertz CT molecular complexity index is 769. The highest BCUT2D eigenvalue weighted by Crippen LogP contribution is 2.46. The van der Waals surface area contributed by atoms with E-state index in [9.17, 15) is 10.1 Å². The van der Waals surface area contributed by atoms with Crippen molar-refractivity contribution in [1.29, 1.82) is 0 Å². The monoisotopic (exact) mass is 387 g/mol. The molecule has 0 radical (unpaired) electrons. The molecule has 1 aromatic carbocycles. The van der Waals surface area contributed by atoms with Gasteiger partial charge in [-0.3, -0.25) is 10.1 Å². The van der Waals surface area contributed by atoms with Gasteiger partial charge in [0.25, 0.3) is 5.69 Å². The molecule has 1 aliphatic heterocycles. The molecule has 4 rings (SSSR count). The average Bonchev–Trinajstić information content (AvgIpc) is 3.24. The van der Waals surface area contributed by atoms with Crippen molar-refractivity contribution in [2.24, 2.45) is 10.9 Å². The number of hydrogen-bond acceptors (Lipinski definition) is 4. The van der Waals surface area contributed by atoms with Crippen molar-refractivity contribution >= 4 is 28.3 Å². The van der Waals surface area contributed by atoms with Gasteiger partial charge < -0.3 is 4.90 Å². The molecule has 0 bridgehead atoms. The van der Waals surface area contributed by atoms with Crippen LogP contribution in [0.4, 0.5) is 11.4 Å². The van der Waals surface area contributed by atoms with Crippen LogP contribution >= 0.6 is 11.8 Å². The van der Waals surface area contributed by atoms with E-state index >= 15 is 0 Å². The Morgan fingerprint density at radius 3 is 2.56 bits per heavy atom. The van der Waals surface area contributed by atoms with Gasteiger partial charge in [0.2, 0.25) is 0 Å². The van der Waals surface area contributed by atoms with E-state index in [1.54, 1.807) is 6.07 Å². The van der Waals surface area contributed by atoms with E-state index in [-0.39, 0.29) is 16.1 Å². The summed E-state index contributed by atoms with van der Waals surface area (Å²) in [5, 5.41) is 12.6. The molecule has 2 fully saturated rings. The van der Waals surface area contributed by atoms with Gasteiger partial charge in [-0.2, -0.15) is 0 Å². The number of rotatable bonds is 4. The summed E-state index contributed by atoms with van der Waals surface area (Å²) in [7, 11) is 0. The third kappa shape index (κ3) is 3.48. The third-order valence-electron chi connectivity index (χ3n) is 6.25. The zero-order valence-electron chi connectivity index (χ0n) is 16.4. The lowest BCUT2D eigenvalue weighted by atomic mass is 9.89. The van der Waals surface area contributed by atoms with Crippen LogP contribution in [-0.2, 0) is 12.8 Å². The van der Waals surface area contributed by atoms with Crippen molar-refractivity contribution in [3.8, 4) is 0 Å². The van der Waals surface area contributed by atoms with E-state index in [0.29, 0.717) is 5.92 Å². The zero-order chi connectivity index (χ0) is 19.0. The molecule has 0 N–H and O–H groups in total. The zero-order valence-corrected chi connectivity index (χ0v) is 17.2. The molecule has 0 atom stereocenters. The molecular formula is C21H29N3O2S. The molecule has 1 aromatic rings. The van der Waals surface area contributed by atoms with Crippen LogP contribution in [0.1, 0.15) is 63.5 Å². The molecule has 0 amide bonds. The first-order valence-electron chi connectivity index (χ1n) is 10.3. The molecule has 3 aliphatic rings. The fraction of sp³-hybridized carbons (Fsp3) is 0.667. The Morgan fingerprint density at radius 1 is 1.19 bits per heavy atom. The maximum absolute atomic E-state index is 11.4. The summed E-state index contributed by atoms with van der Waals surface area (Å²) in [5.74, 6) is 1.73. The van der Waals surface area contributed by atoms with Gasteiger partial charge in [0.05, 0.1) is 16.1 Å². The van der Waals surface area contributed by atoms with Crippen LogP contribution < -0.4 is 0 Å². The molecular weight excluding hydrogens is 358 g/mol. The molecule has 27 heavy (non-hydrogen) atoms.